The molecule has 2 atom stereocenters. The third-order valence-electron chi connectivity index (χ3n) is 4.33. The van der Waals surface area contributed by atoms with Crippen LogP contribution in [0.15, 0.2) is 59.5 Å². The quantitative estimate of drug-likeness (QED) is 0.906. The lowest BCUT2D eigenvalue weighted by molar-refractivity contribution is -0.116. The third kappa shape index (κ3) is 3.49. The standard InChI is InChI=1S/C18H20N2O3S/c1-13(21)20(2)15-8-10-16(11-9-15)24(22,23)19-18-12-17(18)14-6-4-3-5-7-14/h3-11,17-19H,12H2,1-2H3/t17-,18-/m0/s1. The highest BCUT2D eigenvalue weighted by Gasteiger charge is 2.41. The van der Waals surface area contributed by atoms with Crippen molar-refractivity contribution in [3.8, 4) is 0 Å². The fourth-order valence-corrected chi connectivity index (χ4v) is 3.98. The van der Waals surface area contributed by atoms with E-state index in [-0.39, 0.29) is 22.8 Å². The zero-order valence-electron chi connectivity index (χ0n) is 13.6. The topological polar surface area (TPSA) is 66.5 Å². The molecule has 5 nitrogen and oxygen atoms in total. The van der Waals surface area contributed by atoms with Gasteiger partial charge in [0.2, 0.25) is 15.9 Å². The summed E-state index contributed by atoms with van der Waals surface area (Å²) in [5.74, 6) is 0.136. The first kappa shape index (κ1) is 16.7. The second-order valence-corrected chi connectivity index (χ2v) is 7.77. The van der Waals surface area contributed by atoms with E-state index in [0.717, 1.165) is 12.0 Å². The van der Waals surface area contributed by atoms with E-state index < -0.39 is 10.0 Å². The fourth-order valence-electron chi connectivity index (χ4n) is 2.69. The molecule has 0 aliphatic heterocycles. The van der Waals surface area contributed by atoms with Crippen molar-refractivity contribution in [2.45, 2.75) is 30.2 Å². The SMILES string of the molecule is CC(=O)N(C)c1ccc(S(=O)(=O)N[C@H]2C[C@H]2c2ccccc2)cc1. The number of sulfonamides is 1. The number of benzene rings is 2. The molecule has 0 bridgehead atoms. The summed E-state index contributed by atoms with van der Waals surface area (Å²) in [4.78, 5) is 13.0. The molecule has 1 aliphatic carbocycles. The number of carbonyl (C=O) groups is 1. The van der Waals surface area contributed by atoms with E-state index in [9.17, 15) is 13.2 Å². The molecule has 3 rings (SSSR count). The molecule has 2 aromatic carbocycles. The van der Waals surface area contributed by atoms with Crippen molar-refractivity contribution >= 4 is 21.6 Å². The summed E-state index contributed by atoms with van der Waals surface area (Å²) in [6, 6.07) is 16.2. The molecule has 2 aromatic rings. The summed E-state index contributed by atoms with van der Waals surface area (Å²) < 4.78 is 27.7. The van der Waals surface area contributed by atoms with Gasteiger partial charge in [-0.05, 0) is 36.2 Å². The summed E-state index contributed by atoms with van der Waals surface area (Å²) in [6.07, 6.45) is 0.814. The average Bonchev–Trinajstić information content (AvgIpc) is 3.33. The van der Waals surface area contributed by atoms with E-state index in [4.69, 9.17) is 0 Å². The minimum absolute atomic E-state index is 0.0584. The average molecular weight is 344 g/mol. The van der Waals surface area contributed by atoms with Crippen molar-refractivity contribution < 1.29 is 13.2 Å². The van der Waals surface area contributed by atoms with Crippen molar-refractivity contribution in [3.63, 3.8) is 0 Å². The maximum absolute atomic E-state index is 12.5. The maximum atomic E-state index is 12.5. The molecular weight excluding hydrogens is 324 g/mol. The Bertz CT molecular complexity index is 832. The van der Waals surface area contributed by atoms with Gasteiger partial charge in [0.05, 0.1) is 4.90 Å². The number of anilines is 1. The predicted molar refractivity (Wildman–Crippen MR) is 93.4 cm³/mol. The first-order valence-electron chi connectivity index (χ1n) is 7.80. The summed E-state index contributed by atoms with van der Waals surface area (Å²) in [6.45, 7) is 1.46. The van der Waals surface area contributed by atoms with Crippen LogP contribution in [-0.4, -0.2) is 27.4 Å². The fraction of sp³-hybridized carbons (Fsp3) is 0.278. The van der Waals surface area contributed by atoms with Crippen LogP contribution < -0.4 is 9.62 Å². The Balaban J connectivity index is 1.69. The normalized spacial score (nSPS) is 19.8. The van der Waals surface area contributed by atoms with Crippen molar-refractivity contribution in [2.75, 3.05) is 11.9 Å². The highest BCUT2D eigenvalue weighted by Crippen LogP contribution is 2.41. The van der Waals surface area contributed by atoms with E-state index in [1.165, 1.54) is 24.0 Å². The second kappa shape index (κ2) is 6.37. The number of hydrogen-bond acceptors (Lipinski definition) is 3. The number of rotatable bonds is 5. The van der Waals surface area contributed by atoms with Gasteiger partial charge in [0.15, 0.2) is 0 Å². The Morgan fingerprint density at radius 1 is 1.08 bits per heavy atom. The maximum Gasteiger partial charge on any atom is 0.240 e. The van der Waals surface area contributed by atoms with E-state index in [1.54, 1.807) is 19.2 Å². The Morgan fingerprint density at radius 2 is 1.71 bits per heavy atom. The highest BCUT2D eigenvalue weighted by atomic mass is 32.2. The number of nitrogens with one attached hydrogen (secondary N) is 1. The smallest absolute Gasteiger partial charge is 0.240 e. The molecule has 1 N–H and O–H groups in total. The Labute approximate surface area is 142 Å². The summed E-state index contributed by atoms with van der Waals surface area (Å²) in [7, 11) is -1.90. The first-order valence-corrected chi connectivity index (χ1v) is 9.28. The molecule has 0 heterocycles. The van der Waals surface area contributed by atoms with Crippen LogP contribution >= 0.6 is 0 Å². The molecule has 126 valence electrons. The van der Waals surface area contributed by atoms with Gasteiger partial charge in [-0.1, -0.05) is 30.3 Å². The van der Waals surface area contributed by atoms with Crippen LogP contribution in [0.5, 0.6) is 0 Å². The molecule has 0 saturated heterocycles. The van der Waals surface area contributed by atoms with Crippen LogP contribution in [0.4, 0.5) is 5.69 Å². The zero-order valence-corrected chi connectivity index (χ0v) is 14.5. The van der Waals surface area contributed by atoms with E-state index >= 15 is 0 Å². The molecule has 1 aliphatic rings. The van der Waals surface area contributed by atoms with Crippen molar-refractivity contribution in [3.05, 3.63) is 60.2 Å². The van der Waals surface area contributed by atoms with Gasteiger partial charge >= 0.3 is 0 Å². The number of amides is 1. The summed E-state index contributed by atoms with van der Waals surface area (Å²) >= 11 is 0. The zero-order chi connectivity index (χ0) is 17.3. The lowest BCUT2D eigenvalue weighted by Crippen LogP contribution is -2.27. The van der Waals surface area contributed by atoms with Gasteiger partial charge in [-0.3, -0.25) is 4.79 Å². The monoisotopic (exact) mass is 344 g/mol. The predicted octanol–water partition coefficient (Wildman–Crippen LogP) is 2.50. The molecule has 6 heteroatoms. The molecule has 24 heavy (non-hydrogen) atoms. The van der Waals surface area contributed by atoms with Crippen molar-refractivity contribution in [1.29, 1.82) is 0 Å². The van der Waals surface area contributed by atoms with Gasteiger partial charge in [0, 0.05) is 31.6 Å². The molecule has 0 spiro atoms. The first-order chi connectivity index (χ1) is 11.4. The van der Waals surface area contributed by atoms with Gasteiger partial charge in [-0.2, -0.15) is 0 Å². The van der Waals surface area contributed by atoms with Crippen LogP contribution in [0, 0.1) is 0 Å². The minimum atomic E-state index is -3.55. The molecule has 0 radical (unpaired) electrons. The Kier molecular flexibility index (Phi) is 4.43. The van der Waals surface area contributed by atoms with Gasteiger partial charge in [0.25, 0.3) is 0 Å². The van der Waals surface area contributed by atoms with Gasteiger partial charge in [-0.25, -0.2) is 13.1 Å². The van der Waals surface area contributed by atoms with E-state index in [2.05, 4.69) is 4.72 Å². The molecule has 1 amide bonds. The number of nitrogens with zero attached hydrogens (tertiary/aromatic N) is 1. The van der Waals surface area contributed by atoms with E-state index in [0.29, 0.717) is 5.69 Å². The van der Waals surface area contributed by atoms with Gasteiger partial charge in [0.1, 0.15) is 0 Å². The third-order valence-corrected chi connectivity index (χ3v) is 5.84. The second-order valence-electron chi connectivity index (χ2n) is 6.05. The molecular formula is C18H20N2O3S. The Hall–Kier alpha value is -2.18. The number of hydrogen-bond donors (Lipinski definition) is 1. The van der Waals surface area contributed by atoms with Crippen LogP contribution in [-0.2, 0) is 14.8 Å². The Morgan fingerprint density at radius 3 is 2.29 bits per heavy atom. The molecule has 1 fully saturated rings. The molecule has 0 unspecified atom stereocenters. The van der Waals surface area contributed by atoms with Gasteiger partial charge < -0.3 is 4.90 Å². The van der Waals surface area contributed by atoms with Crippen LogP contribution in [0.25, 0.3) is 0 Å². The lowest BCUT2D eigenvalue weighted by atomic mass is 10.1. The molecule has 1 saturated carbocycles. The van der Waals surface area contributed by atoms with Crippen LogP contribution in [0.1, 0.15) is 24.8 Å². The van der Waals surface area contributed by atoms with Crippen molar-refractivity contribution in [2.24, 2.45) is 0 Å². The van der Waals surface area contributed by atoms with Crippen molar-refractivity contribution in [1.82, 2.24) is 4.72 Å². The van der Waals surface area contributed by atoms with E-state index in [1.807, 2.05) is 30.3 Å². The minimum Gasteiger partial charge on any atom is -0.316 e. The summed E-state index contributed by atoms with van der Waals surface area (Å²) in [5.41, 5.74) is 1.82. The summed E-state index contributed by atoms with van der Waals surface area (Å²) in [5, 5.41) is 0. The highest BCUT2D eigenvalue weighted by molar-refractivity contribution is 7.89. The number of carbonyl (C=O) groups excluding carboxylic acids is 1. The van der Waals surface area contributed by atoms with Crippen LogP contribution in [0.2, 0.25) is 0 Å². The lowest BCUT2D eigenvalue weighted by Gasteiger charge is -2.15. The van der Waals surface area contributed by atoms with Gasteiger partial charge in [-0.15, -0.1) is 0 Å². The molecule has 0 aromatic heterocycles. The largest absolute Gasteiger partial charge is 0.316 e. The van der Waals surface area contributed by atoms with Crippen LogP contribution in [0.3, 0.4) is 0 Å².